The van der Waals surface area contributed by atoms with Crippen molar-refractivity contribution in [3.63, 3.8) is 0 Å². The van der Waals surface area contributed by atoms with Gasteiger partial charge in [0.05, 0.1) is 11.9 Å². The molecule has 4 aromatic rings. The monoisotopic (exact) mass is 497 g/mol. The van der Waals surface area contributed by atoms with Gasteiger partial charge >= 0.3 is 0 Å². The van der Waals surface area contributed by atoms with E-state index in [9.17, 15) is 4.79 Å². The molecule has 3 N–H and O–H groups in total. The van der Waals surface area contributed by atoms with Gasteiger partial charge < -0.3 is 20.5 Å². The molecule has 8 heteroatoms. The summed E-state index contributed by atoms with van der Waals surface area (Å²) in [5.41, 5.74) is 5.11. The molecule has 3 heterocycles. The molecule has 1 unspecified atom stereocenters. The molecule has 5 rings (SSSR count). The van der Waals surface area contributed by atoms with E-state index in [4.69, 9.17) is 0 Å². The summed E-state index contributed by atoms with van der Waals surface area (Å²) in [6.07, 6.45) is 1.58. The standard InChI is InChI=1S/C29H35N7O/c1-3-35-13-15-36(16-14-35)19-27(37)30-18-22-9-11-24(12-10-22)26-17-25-28(31-20-32-29(25)34-26)33-21(2)23-7-5-4-6-8-23/h4-12,17,20-21H,3,13-16,18-19H2,1-2H3,(H,30,37)(H2,31,32,33,34). The molecule has 0 spiro atoms. The quantitative estimate of drug-likeness (QED) is 0.323. The zero-order chi connectivity index (χ0) is 25.6. The van der Waals surface area contributed by atoms with Crippen LogP contribution in [0, 0.1) is 0 Å². The van der Waals surface area contributed by atoms with Gasteiger partial charge in [-0.2, -0.15) is 0 Å². The van der Waals surface area contributed by atoms with Crippen LogP contribution in [0.3, 0.4) is 0 Å². The number of aromatic nitrogens is 3. The molecule has 37 heavy (non-hydrogen) atoms. The first-order chi connectivity index (χ1) is 18.1. The van der Waals surface area contributed by atoms with Crippen LogP contribution in [-0.4, -0.2) is 69.9 Å². The number of anilines is 1. The molecule has 0 aliphatic carbocycles. The highest BCUT2D eigenvalue weighted by atomic mass is 16.2. The zero-order valence-electron chi connectivity index (χ0n) is 21.6. The van der Waals surface area contributed by atoms with Crippen LogP contribution in [0.25, 0.3) is 22.3 Å². The molecule has 1 aliphatic heterocycles. The summed E-state index contributed by atoms with van der Waals surface area (Å²) >= 11 is 0. The second kappa shape index (κ2) is 11.5. The van der Waals surface area contributed by atoms with E-state index in [-0.39, 0.29) is 11.9 Å². The second-order valence-electron chi connectivity index (χ2n) is 9.63. The maximum atomic E-state index is 12.4. The van der Waals surface area contributed by atoms with Crippen molar-refractivity contribution in [3.05, 3.63) is 78.1 Å². The van der Waals surface area contributed by atoms with Gasteiger partial charge in [-0.25, -0.2) is 9.97 Å². The first kappa shape index (κ1) is 24.9. The first-order valence-electron chi connectivity index (χ1n) is 13.0. The smallest absolute Gasteiger partial charge is 0.234 e. The molecule has 1 atom stereocenters. The third-order valence-corrected chi connectivity index (χ3v) is 7.11. The fourth-order valence-corrected chi connectivity index (χ4v) is 4.77. The lowest BCUT2D eigenvalue weighted by molar-refractivity contribution is -0.122. The molecule has 0 radical (unpaired) electrons. The summed E-state index contributed by atoms with van der Waals surface area (Å²) in [6.45, 7) is 10.3. The fraction of sp³-hybridized carbons (Fsp3) is 0.345. The summed E-state index contributed by atoms with van der Waals surface area (Å²) in [6, 6.07) is 20.8. The van der Waals surface area contributed by atoms with E-state index >= 15 is 0 Å². The number of nitrogens with one attached hydrogen (secondary N) is 3. The van der Waals surface area contributed by atoms with Crippen LogP contribution in [0.4, 0.5) is 5.82 Å². The van der Waals surface area contributed by atoms with Gasteiger partial charge in [0, 0.05) is 44.5 Å². The van der Waals surface area contributed by atoms with Gasteiger partial charge in [0.25, 0.3) is 0 Å². The molecule has 192 valence electrons. The van der Waals surface area contributed by atoms with Crippen LogP contribution in [0.5, 0.6) is 0 Å². The third kappa shape index (κ3) is 6.15. The Morgan fingerprint density at radius 2 is 1.73 bits per heavy atom. The Morgan fingerprint density at radius 1 is 1.00 bits per heavy atom. The van der Waals surface area contributed by atoms with Crippen molar-refractivity contribution in [2.45, 2.75) is 26.4 Å². The van der Waals surface area contributed by atoms with Crippen LogP contribution < -0.4 is 10.6 Å². The summed E-state index contributed by atoms with van der Waals surface area (Å²) in [7, 11) is 0. The average Bonchev–Trinajstić information content (AvgIpc) is 3.39. The number of likely N-dealkylation sites (N-methyl/N-ethyl adjacent to an activating group) is 1. The number of hydrogen-bond acceptors (Lipinski definition) is 6. The van der Waals surface area contributed by atoms with Crippen LogP contribution in [-0.2, 0) is 11.3 Å². The molecule has 1 saturated heterocycles. The molecule has 2 aromatic heterocycles. The van der Waals surface area contributed by atoms with E-state index in [0.29, 0.717) is 13.1 Å². The van der Waals surface area contributed by atoms with Crippen molar-refractivity contribution in [2.75, 3.05) is 44.6 Å². The number of nitrogens with zero attached hydrogens (tertiary/aromatic N) is 4. The van der Waals surface area contributed by atoms with Crippen LogP contribution in [0.1, 0.15) is 31.0 Å². The number of carbonyl (C=O) groups excluding carboxylic acids is 1. The van der Waals surface area contributed by atoms with E-state index in [0.717, 1.165) is 66.4 Å². The van der Waals surface area contributed by atoms with Gasteiger partial charge in [0.15, 0.2) is 0 Å². The van der Waals surface area contributed by atoms with Gasteiger partial charge in [0.2, 0.25) is 5.91 Å². The SMILES string of the molecule is CCN1CCN(CC(=O)NCc2ccc(-c3cc4c(NC(C)c5ccccc5)ncnc4[nH]3)cc2)CC1. The number of H-pyrrole nitrogens is 1. The Balaban J connectivity index is 1.20. The van der Waals surface area contributed by atoms with Crippen molar-refractivity contribution in [3.8, 4) is 11.3 Å². The van der Waals surface area contributed by atoms with E-state index in [1.54, 1.807) is 6.33 Å². The predicted octanol–water partition coefficient (Wildman–Crippen LogP) is 4.05. The summed E-state index contributed by atoms with van der Waals surface area (Å²) in [5.74, 6) is 0.882. The summed E-state index contributed by atoms with van der Waals surface area (Å²) in [4.78, 5) is 29.4. The average molecular weight is 498 g/mol. The van der Waals surface area contributed by atoms with Crippen LogP contribution >= 0.6 is 0 Å². The summed E-state index contributed by atoms with van der Waals surface area (Å²) in [5, 5.41) is 7.54. The van der Waals surface area contributed by atoms with E-state index in [1.165, 1.54) is 5.56 Å². The van der Waals surface area contributed by atoms with Gasteiger partial charge in [-0.15, -0.1) is 0 Å². The topological polar surface area (TPSA) is 89.2 Å². The fourth-order valence-electron chi connectivity index (χ4n) is 4.77. The largest absolute Gasteiger partial charge is 0.363 e. The number of aromatic amines is 1. The van der Waals surface area contributed by atoms with Crippen LogP contribution in [0.15, 0.2) is 67.0 Å². The summed E-state index contributed by atoms with van der Waals surface area (Å²) < 4.78 is 0. The van der Waals surface area contributed by atoms with Crippen molar-refractivity contribution in [1.82, 2.24) is 30.1 Å². The Morgan fingerprint density at radius 3 is 2.46 bits per heavy atom. The number of hydrogen-bond donors (Lipinski definition) is 3. The predicted molar refractivity (Wildman–Crippen MR) is 148 cm³/mol. The number of rotatable bonds is 9. The molecule has 1 aliphatic rings. The minimum absolute atomic E-state index is 0.0768. The Kier molecular flexibility index (Phi) is 7.77. The Labute approximate surface area is 218 Å². The van der Waals surface area contributed by atoms with Gasteiger partial charge in [-0.3, -0.25) is 9.69 Å². The number of fused-ring (bicyclic) bond motifs is 1. The minimum Gasteiger partial charge on any atom is -0.363 e. The molecular weight excluding hydrogens is 462 g/mol. The van der Waals surface area contributed by atoms with Gasteiger partial charge in [-0.1, -0.05) is 61.5 Å². The van der Waals surface area contributed by atoms with E-state index in [1.807, 2.05) is 18.2 Å². The molecule has 2 aromatic carbocycles. The van der Waals surface area contributed by atoms with Crippen molar-refractivity contribution in [2.24, 2.45) is 0 Å². The lowest BCUT2D eigenvalue weighted by Crippen LogP contribution is -2.49. The highest BCUT2D eigenvalue weighted by Crippen LogP contribution is 2.29. The number of carbonyl (C=O) groups is 1. The second-order valence-corrected chi connectivity index (χ2v) is 9.63. The maximum Gasteiger partial charge on any atom is 0.234 e. The Bertz CT molecular complexity index is 1310. The lowest BCUT2D eigenvalue weighted by atomic mass is 10.1. The number of piperazine rings is 1. The Hall–Kier alpha value is -3.75. The zero-order valence-corrected chi connectivity index (χ0v) is 21.6. The van der Waals surface area contributed by atoms with E-state index < -0.39 is 0 Å². The van der Waals surface area contributed by atoms with Gasteiger partial charge in [-0.05, 0) is 36.2 Å². The molecule has 1 fully saturated rings. The molecular formula is C29H35N7O. The minimum atomic E-state index is 0.0768. The number of amides is 1. The highest BCUT2D eigenvalue weighted by molar-refractivity contribution is 5.91. The molecule has 1 amide bonds. The maximum absolute atomic E-state index is 12.4. The number of benzene rings is 2. The normalized spacial score (nSPS) is 15.5. The molecule has 0 bridgehead atoms. The highest BCUT2D eigenvalue weighted by Gasteiger charge is 2.17. The van der Waals surface area contributed by atoms with Crippen molar-refractivity contribution >= 4 is 22.8 Å². The van der Waals surface area contributed by atoms with Crippen molar-refractivity contribution in [1.29, 1.82) is 0 Å². The van der Waals surface area contributed by atoms with Crippen LogP contribution in [0.2, 0.25) is 0 Å². The third-order valence-electron chi connectivity index (χ3n) is 7.11. The van der Waals surface area contributed by atoms with E-state index in [2.05, 4.69) is 91.7 Å². The first-order valence-corrected chi connectivity index (χ1v) is 13.0. The molecule has 0 saturated carbocycles. The van der Waals surface area contributed by atoms with Crippen molar-refractivity contribution < 1.29 is 4.79 Å². The lowest BCUT2D eigenvalue weighted by Gasteiger charge is -2.33. The molecule has 8 nitrogen and oxygen atoms in total. The van der Waals surface area contributed by atoms with Gasteiger partial charge in [0.1, 0.15) is 17.8 Å².